The van der Waals surface area contributed by atoms with E-state index >= 15 is 0 Å². The summed E-state index contributed by atoms with van der Waals surface area (Å²) in [5.41, 5.74) is 3.23. The maximum Gasteiger partial charge on any atom is 0.159 e. The van der Waals surface area contributed by atoms with Crippen LogP contribution < -0.4 is 4.90 Å². The van der Waals surface area contributed by atoms with Crippen molar-refractivity contribution in [3.8, 4) is 5.82 Å². The fourth-order valence-electron chi connectivity index (χ4n) is 5.85. The van der Waals surface area contributed by atoms with E-state index in [1.165, 1.54) is 11.1 Å². The highest BCUT2D eigenvalue weighted by Crippen LogP contribution is 2.40. The quantitative estimate of drug-likeness (QED) is 0.677. The summed E-state index contributed by atoms with van der Waals surface area (Å²) < 4.78 is 7.73. The molecule has 7 nitrogen and oxygen atoms in total. The average Bonchev–Trinajstić information content (AvgIpc) is 3.48. The largest absolute Gasteiger partial charge is 0.390 e. The highest BCUT2D eigenvalue weighted by molar-refractivity contribution is 5.82. The van der Waals surface area contributed by atoms with Gasteiger partial charge in [-0.1, -0.05) is 0 Å². The maximum absolute atomic E-state index is 10.4. The second-order valence-electron chi connectivity index (χ2n) is 10.2. The molecule has 1 aromatic carbocycles. The van der Waals surface area contributed by atoms with Crippen LogP contribution in [0.5, 0.6) is 0 Å². The minimum absolute atomic E-state index is 0.325. The zero-order valence-corrected chi connectivity index (χ0v) is 19.1. The lowest BCUT2D eigenvalue weighted by atomic mass is 9.76. The van der Waals surface area contributed by atoms with Crippen LogP contribution in [0.25, 0.3) is 16.7 Å². The predicted octanol–water partition coefficient (Wildman–Crippen LogP) is 3.82. The molecule has 168 valence electrons. The van der Waals surface area contributed by atoms with E-state index in [2.05, 4.69) is 30.0 Å². The topological polar surface area (TPSA) is 76.3 Å². The van der Waals surface area contributed by atoms with E-state index < -0.39 is 5.60 Å². The molecule has 1 N–H and O–H groups in total. The molecule has 2 bridgehead atoms. The molecule has 6 rings (SSSR count). The van der Waals surface area contributed by atoms with Crippen molar-refractivity contribution >= 4 is 16.7 Å². The average molecular weight is 434 g/mol. The van der Waals surface area contributed by atoms with Crippen molar-refractivity contribution in [2.24, 2.45) is 0 Å². The molecule has 3 fully saturated rings. The summed E-state index contributed by atoms with van der Waals surface area (Å²) in [6.45, 7) is 7.78. The lowest BCUT2D eigenvalue weighted by molar-refractivity contribution is 0.0171. The zero-order chi connectivity index (χ0) is 22.0. The Bertz CT molecular complexity index is 1180. The van der Waals surface area contributed by atoms with E-state index in [1.54, 1.807) is 0 Å². The van der Waals surface area contributed by atoms with Crippen LogP contribution in [0.1, 0.15) is 61.9 Å². The first-order chi connectivity index (χ1) is 15.4. The number of nitrogens with zero attached hydrogens (tertiary/aromatic N) is 5. The molecule has 2 saturated heterocycles. The fraction of sp³-hybridized carbons (Fsp3) is 0.560. The molecule has 32 heavy (non-hydrogen) atoms. The Morgan fingerprint density at radius 3 is 2.59 bits per heavy atom. The van der Waals surface area contributed by atoms with Crippen LogP contribution in [0.2, 0.25) is 0 Å². The SMILES string of the molecule is Cc1nc(N2CC3CC2CO3)cc(-n2ncc3cc(C)c([C@H]4CC[C@](C)(O)CC4)cc32)n1. The van der Waals surface area contributed by atoms with Gasteiger partial charge in [0.25, 0.3) is 0 Å². The van der Waals surface area contributed by atoms with E-state index in [0.29, 0.717) is 18.1 Å². The minimum Gasteiger partial charge on any atom is -0.390 e. The van der Waals surface area contributed by atoms with Gasteiger partial charge in [-0.3, -0.25) is 0 Å². The summed E-state index contributed by atoms with van der Waals surface area (Å²) in [5, 5.41) is 16.2. The second-order valence-corrected chi connectivity index (χ2v) is 10.2. The van der Waals surface area contributed by atoms with Crippen LogP contribution in [-0.4, -0.2) is 55.8 Å². The predicted molar refractivity (Wildman–Crippen MR) is 123 cm³/mol. The first-order valence-electron chi connectivity index (χ1n) is 11.8. The van der Waals surface area contributed by atoms with Gasteiger partial charge in [-0.15, -0.1) is 0 Å². The highest BCUT2D eigenvalue weighted by Gasteiger charge is 2.40. The molecule has 0 radical (unpaired) electrons. The van der Waals surface area contributed by atoms with Crippen LogP contribution in [0.3, 0.4) is 0 Å². The summed E-state index contributed by atoms with van der Waals surface area (Å²) in [5.74, 6) is 3.01. The summed E-state index contributed by atoms with van der Waals surface area (Å²) in [4.78, 5) is 11.8. The smallest absolute Gasteiger partial charge is 0.159 e. The van der Waals surface area contributed by atoms with Gasteiger partial charge in [-0.05, 0) is 82.1 Å². The Morgan fingerprint density at radius 1 is 1.09 bits per heavy atom. The van der Waals surface area contributed by atoms with E-state index in [9.17, 15) is 5.11 Å². The van der Waals surface area contributed by atoms with Gasteiger partial charge < -0.3 is 14.7 Å². The van der Waals surface area contributed by atoms with Gasteiger partial charge in [0.2, 0.25) is 0 Å². The normalized spacial score (nSPS) is 29.9. The number of fused-ring (bicyclic) bond motifs is 3. The summed E-state index contributed by atoms with van der Waals surface area (Å²) in [6, 6.07) is 7.02. The molecule has 3 aliphatic rings. The molecular formula is C25H31N5O2. The van der Waals surface area contributed by atoms with Crippen molar-refractivity contribution in [2.75, 3.05) is 18.1 Å². The summed E-state index contributed by atoms with van der Waals surface area (Å²) in [6.07, 6.45) is 7.08. The third kappa shape index (κ3) is 3.39. The molecule has 2 aromatic heterocycles. The van der Waals surface area contributed by atoms with E-state index in [1.807, 2.05) is 24.7 Å². The number of ether oxygens (including phenoxy) is 1. The van der Waals surface area contributed by atoms with Crippen molar-refractivity contribution in [1.82, 2.24) is 19.7 Å². The number of rotatable bonds is 3. The zero-order valence-electron chi connectivity index (χ0n) is 19.1. The van der Waals surface area contributed by atoms with Crippen molar-refractivity contribution in [1.29, 1.82) is 0 Å². The lowest BCUT2D eigenvalue weighted by Gasteiger charge is -2.34. The van der Waals surface area contributed by atoms with Gasteiger partial charge in [0.15, 0.2) is 5.82 Å². The molecule has 2 aliphatic heterocycles. The Balaban J connectivity index is 1.38. The maximum atomic E-state index is 10.4. The van der Waals surface area contributed by atoms with E-state index in [4.69, 9.17) is 19.8 Å². The molecular weight excluding hydrogens is 402 g/mol. The van der Waals surface area contributed by atoms with Crippen molar-refractivity contribution < 1.29 is 9.84 Å². The molecule has 2 unspecified atom stereocenters. The number of aliphatic hydroxyl groups is 1. The van der Waals surface area contributed by atoms with Gasteiger partial charge in [0.1, 0.15) is 11.6 Å². The fourth-order valence-corrected chi connectivity index (χ4v) is 5.85. The van der Waals surface area contributed by atoms with Crippen LogP contribution in [0, 0.1) is 13.8 Å². The molecule has 4 heterocycles. The third-order valence-electron chi connectivity index (χ3n) is 7.68. The summed E-state index contributed by atoms with van der Waals surface area (Å²) in [7, 11) is 0. The molecule has 0 spiro atoms. The van der Waals surface area contributed by atoms with Crippen LogP contribution in [-0.2, 0) is 4.74 Å². The Morgan fingerprint density at radius 2 is 1.88 bits per heavy atom. The first kappa shape index (κ1) is 20.1. The number of hydrogen-bond donors (Lipinski definition) is 1. The Hall–Kier alpha value is -2.51. The van der Waals surface area contributed by atoms with Crippen molar-refractivity contribution in [3.63, 3.8) is 0 Å². The van der Waals surface area contributed by atoms with E-state index in [-0.39, 0.29) is 0 Å². The minimum atomic E-state index is -0.523. The lowest BCUT2D eigenvalue weighted by Crippen LogP contribution is -2.37. The standard InChI is InChI=1S/C25H31N5O2/c1-15-8-18-12-26-30(22(18)10-21(15)17-4-6-25(3,31)7-5-17)24-11-23(27-16(2)28-24)29-13-20-9-19(29)14-32-20/h8,10-12,17,19-20,31H,4-7,9,13-14H2,1-3H3/t17-,19?,20?,25-. The number of aromatic nitrogens is 4. The van der Waals surface area contributed by atoms with Crippen LogP contribution in [0.15, 0.2) is 24.4 Å². The van der Waals surface area contributed by atoms with Gasteiger partial charge >= 0.3 is 0 Å². The number of aryl methyl sites for hydroxylation is 2. The van der Waals surface area contributed by atoms with Crippen LogP contribution >= 0.6 is 0 Å². The molecule has 1 saturated carbocycles. The monoisotopic (exact) mass is 433 g/mol. The number of benzene rings is 1. The van der Waals surface area contributed by atoms with Crippen LogP contribution in [0.4, 0.5) is 5.82 Å². The number of anilines is 1. The highest BCUT2D eigenvalue weighted by atomic mass is 16.5. The van der Waals surface area contributed by atoms with Gasteiger partial charge in [0.05, 0.1) is 36.1 Å². The number of morpholine rings is 1. The molecule has 1 aliphatic carbocycles. The number of hydrogen-bond acceptors (Lipinski definition) is 6. The van der Waals surface area contributed by atoms with Crippen molar-refractivity contribution in [2.45, 2.75) is 76.5 Å². The second kappa shape index (κ2) is 7.25. The molecule has 3 aromatic rings. The van der Waals surface area contributed by atoms with Crippen molar-refractivity contribution in [3.05, 3.63) is 41.3 Å². The molecule has 7 heteroatoms. The molecule has 2 atom stereocenters. The van der Waals surface area contributed by atoms with Gasteiger partial charge in [-0.25, -0.2) is 14.6 Å². The van der Waals surface area contributed by atoms with Gasteiger partial charge in [-0.2, -0.15) is 5.10 Å². The van der Waals surface area contributed by atoms with Gasteiger partial charge in [0, 0.05) is 18.0 Å². The third-order valence-corrected chi connectivity index (χ3v) is 7.68. The van der Waals surface area contributed by atoms with E-state index in [0.717, 1.165) is 73.6 Å². The first-order valence-corrected chi connectivity index (χ1v) is 11.8. The molecule has 0 amide bonds. The Kier molecular flexibility index (Phi) is 4.56. The Labute approximate surface area is 188 Å². The summed E-state index contributed by atoms with van der Waals surface area (Å²) >= 11 is 0.